The van der Waals surface area contributed by atoms with Crippen molar-refractivity contribution in [1.29, 1.82) is 5.26 Å². The summed E-state index contributed by atoms with van der Waals surface area (Å²) in [5, 5.41) is 12.2. The number of nitrogens with one attached hydrogen (secondary N) is 2. The van der Waals surface area contributed by atoms with Gasteiger partial charge in [-0.2, -0.15) is 5.26 Å². The molecule has 4 nitrogen and oxygen atoms in total. The molecule has 0 aliphatic heterocycles. The van der Waals surface area contributed by atoms with E-state index in [4.69, 9.17) is 10.00 Å². The minimum atomic E-state index is 0.455. The molecular formula is C11H16N3O+. The SMILES string of the molecule is CCNc1[nH+]c(C)cc(COC)c1C#N. The Morgan fingerprint density at radius 3 is 2.87 bits per heavy atom. The molecule has 1 heterocycles. The molecule has 4 heteroatoms. The van der Waals surface area contributed by atoms with E-state index in [2.05, 4.69) is 16.4 Å². The van der Waals surface area contributed by atoms with Crippen molar-refractivity contribution >= 4 is 5.82 Å². The van der Waals surface area contributed by atoms with Crippen molar-refractivity contribution in [2.45, 2.75) is 20.5 Å². The number of aromatic amines is 1. The number of ether oxygens (including phenoxy) is 1. The maximum atomic E-state index is 9.08. The molecule has 1 aromatic heterocycles. The Morgan fingerprint density at radius 2 is 2.33 bits per heavy atom. The van der Waals surface area contributed by atoms with E-state index < -0.39 is 0 Å². The highest BCUT2D eigenvalue weighted by molar-refractivity contribution is 5.52. The maximum Gasteiger partial charge on any atom is 0.290 e. The Balaban J connectivity index is 3.20. The molecule has 0 spiro atoms. The van der Waals surface area contributed by atoms with Gasteiger partial charge in [-0.3, -0.25) is 5.32 Å². The number of H-pyrrole nitrogens is 1. The van der Waals surface area contributed by atoms with Gasteiger partial charge in [0.25, 0.3) is 5.82 Å². The first-order chi connectivity index (χ1) is 7.22. The van der Waals surface area contributed by atoms with Crippen LogP contribution in [0.25, 0.3) is 0 Å². The summed E-state index contributed by atoms with van der Waals surface area (Å²) in [5.74, 6) is 0.770. The van der Waals surface area contributed by atoms with Gasteiger partial charge in [-0.25, -0.2) is 4.98 Å². The number of anilines is 1. The molecule has 0 unspecified atom stereocenters. The summed E-state index contributed by atoms with van der Waals surface area (Å²) in [6, 6.07) is 4.12. The highest BCUT2D eigenvalue weighted by Gasteiger charge is 2.15. The molecule has 0 amide bonds. The number of aromatic nitrogens is 1. The number of nitrogens with zero attached hydrogens (tertiary/aromatic N) is 1. The van der Waals surface area contributed by atoms with E-state index in [-0.39, 0.29) is 0 Å². The number of hydrogen-bond acceptors (Lipinski definition) is 3. The first-order valence-electron chi connectivity index (χ1n) is 4.91. The van der Waals surface area contributed by atoms with Crippen molar-refractivity contribution in [3.63, 3.8) is 0 Å². The molecule has 0 atom stereocenters. The third-order valence-corrected chi connectivity index (χ3v) is 2.05. The summed E-state index contributed by atoms with van der Waals surface area (Å²) >= 11 is 0. The fourth-order valence-corrected chi connectivity index (χ4v) is 1.50. The largest absolute Gasteiger partial charge is 0.380 e. The lowest BCUT2D eigenvalue weighted by Crippen LogP contribution is -2.19. The molecule has 0 saturated heterocycles. The number of aryl methyl sites for hydroxylation is 1. The van der Waals surface area contributed by atoms with Crippen molar-refractivity contribution in [2.24, 2.45) is 0 Å². The van der Waals surface area contributed by atoms with E-state index in [1.54, 1.807) is 7.11 Å². The van der Waals surface area contributed by atoms with Crippen LogP contribution < -0.4 is 10.3 Å². The second kappa shape index (κ2) is 5.32. The van der Waals surface area contributed by atoms with Gasteiger partial charge >= 0.3 is 0 Å². The third kappa shape index (κ3) is 2.67. The molecule has 15 heavy (non-hydrogen) atoms. The van der Waals surface area contributed by atoms with Crippen molar-refractivity contribution in [3.8, 4) is 6.07 Å². The van der Waals surface area contributed by atoms with Gasteiger partial charge in [-0.05, 0) is 19.9 Å². The second-order valence-electron chi connectivity index (χ2n) is 3.30. The van der Waals surface area contributed by atoms with Crippen LogP contribution in [0.3, 0.4) is 0 Å². The maximum absolute atomic E-state index is 9.08. The van der Waals surface area contributed by atoms with Crippen LogP contribution in [-0.2, 0) is 11.3 Å². The zero-order chi connectivity index (χ0) is 11.3. The second-order valence-corrected chi connectivity index (χ2v) is 3.30. The van der Waals surface area contributed by atoms with Crippen molar-refractivity contribution in [2.75, 3.05) is 19.0 Å². The van der Waals surface area contributed by atoms with E-state index in [1.165, 1.54) is 0 Å². The van der Waals surface area contributed by atoms with Gasteiger partial charge < -0.3 is 4.74 Å². The molecular weight excluding hydrogens is 190 g/mol. The number of methoxy groups -OCH3 is 1. The lowest BCUT2D eigenvalue weighted by molar-refractivity contribution is -0.371. The van der Waals surface area contributed by atoms with Gasteiger partial charge in [0.1, 0.15) is 11.6 Å². The summed E-state index contributed by atoms with van der Waals surface area (Å²) in [6.45, 7) is 5.19. The predicted molar refractivity (Wildman–Crippen MR) is 57.3 cm³/mol. The molecule has 0 bridgehead atoms. The van der Waals surface area contributed by atoms with Gasteiger partial charge in [0.15, 0.2) is 0 Å². The molecule has 2 N–H and O–H groups in total. The quantitative estimate of drug-likeness (QED) is 0.806. The lowest BCUT2D eigenvalue weighted by Gasteiger charge is -2.05. The molecule has 0 saturated carbocycles. The first-order valence-corrected chi connectivity index (χ1v) is 4.91. The average molecular weight is 206 g/mol. The number of pyridine rings is 1. The summed E-state index contributed by atoms with van der Waals surface area (Å²) in [7, 11) is 1.63. The summed E-state index contributed by atoms with van der Waals surface area (Å²) in [6.07, 6.45) is 0. The molecule has 0 fully saturated rings. The Bertz CT molecular complexity index is 355. The number of hydrogen-bond donors (Lipinski definition) is 1. The van der Waals surface area contributed by atoms with Crippen LogP contribution in [-0.4, -0.2) is 13.7 Å². The summed E-state index contributed by atoms with van der Waals surface area (Å²) < 4.78 is 5.07. The molecule has 80 valence electrons. The van der Waals surface area contributed by atoms with Crippen LogP contribution in [0, 0.1) is 18.3 Å². The highest BCUT2D eigenvalue weighted by Crippen LogP contribution is 2.15. The Labute approximate surface area is 89.9 Å². The normalized spacial score (nSPS) is 9.73. The Kier molecular flexibility index (Phi) is 4.07. The van der Waals surface area contributed by atoms with Crippen LogP contribution in [0.15, 0.2) is 6.07 Å². The van der Waals surface area contributed by atoms with Crippen LogP contribution in [0.5, 0.6) is 0 Å². The Morgan fingerprint density at radius 1 is 1.60 bits per heavy atom. The van der Waals surface area contributed by atoms with Gasteiger partial charge in [0, 0.05) is 12.7 Å². The lowest BCUT2D eigenvalue weighted by atomic mass is 10.1. The number of nitriles is 1. The minimum Gasteiger partial charge on any atom is -0.380 e. The van der Waals surface area contributed by atoms with Crippen LogP contribution in [0.4, 0.5) is 5.82 Å². The van der Waals surface area contributed by atoms with E-state index in [0.29, 0.717) is 12.2 Å². The average Bonchev–Trinajstić information content (AvgIpc) is 2.18. The van der Waals surface area contributed by atoms with Gasteiger partial charge in [0.05, 0.1) is 18.8 Å². The Hall–Kier alpha value is -1.60. The van der Waals surface area contributed by atoms with Crippen LogP contribution in [0.2, 0.25) is 0 Å². The molecule has 1 rings (SSSR count). The predicted octanol–water partition coefficient (Wildman–Crippen LogP) is 1.26. The monoisotopic (exact) mass is 206 g/mol. The molecule has 1 aromatic rings. The first kappa shape index (κ1) is 11.5. The standard InChI is InChI=1S/C11H15N3O/c1-4-13-11-10(6-12)9(7-15-3)5-8(2)14-11/h5H,4,7H2,1-3H3,(H,13,14)/p+1. The molecule has 0 aromatic carbocycles. The third-order valence-electron chi connectivity index (χ3n) is 2.05. The fourth-order valence-electron chi connectivity index (χ4n) is 1.50. The van der Waals surface area contributed by atoms with E-state index in [0.717, 1.165) is 23.6 Å². The zero-order valence-electron chi connectivity index (χ0n) is 9.35. The van der Waals surface area contributed by atoms with Crippen molar-refractivity contribution < 1.29 is 9.72 Å². The van der Waals surface area contributed by atoms with Crippen molar-refractivity contribution in [3.05, 3.63) is 22.9 Å². The fraction of sp³-hybridized carbons (Fsp3) is 0.455. The van der Waals surface area contributed by atoms with E-state index >= 15 is 0 Å². The molecule has 0 aliphatic rings. The van der Waals surface area contributed by atoms with E-state index in [1.807, 2.05) is 19.9 Å². The molecule has 0 radical (unpaired) electrons. The number of rotatable bonds is 4. The van der Waals surface area contributed by atoms with Gasteiger partial charge in [0.2, 0.25) is 0 Å². The van der Waals surface area contributed by atoms with Gasteiger partial charge in [-0.1, -0.05) is 0 Å². The highest BCUT2D eigenvalue weighted by atomic mass is 16.5. The van der Waals surface area contributed by atoms with E-state index in [9.17, 15) is 0 Å². The zero-order valence-corrected chi connectivity index (χ0v) is 9.35. The summed E-state index contributed by atoms with van der Waals surface area (Å²) in [4.78, 5) is 3.14. The van der Waals surface area contributed by atoms with Crippen molar-refractivity contribution in [1.82, 2.24) is 0 Å². The van der Waals surface area contributed by atoms with Crippen LogP contribution >= 0.6 is 0 Å². The minimum absolute atomic E-state index is 0.455. The van der Waals surface area contributed by atoms with Crippen LogP contribution in [0.1, 0.15) is 23.7 Å². The molecule has 0 aliphatic carbocycles. The smallest absolute Gasteiger partial charge is 0.290 e. The summed E-state index contributed by atoms with van der Waals surface area (Å²) in [5.41, 5.74) is 2.55. The topological polar surface area (TPSA) is 59.2 Å². The van der Waals surface area contributed by atoms with Gasteiger partial charge in [-0.15, -0.1) is 0 Å².